The molecule has 1 aromatic carbocycles. The highest BCUT2D eigenvalue weighted by molar-refractivity contribution is 6.31. The van der Waals surface area contributed by atoms with Gasteiger partial charge in [0.2, 0.25) is 0 Å². The Labute approximate surface area is 125 Å². The zero-order valence-electron chi connectivity index (χ0n) is 11.1. The number of benzene rings is 1. The maximum absolute atomic E-state index is 12.3. The Morgan fingerprint density at radius 1 is 1.38 bits per heavy atom. The molecule has 0 spiro atoms. The number of halogens is 1. The van der Waals surface area contributed by atoms with Crippen LogP contribution in [0.25, 0.3) is 11.0 Å². The van der Waals surface area contributed by atoms with Crippen molar-refractivity contribution in [3.8, 4) is 5.75 Å². The van der Waals surface area contributed by atoms with E-state index in [9.17, 15) is 9.90 Å². The fourth-order valence-electron chi connectivity index (χ4n) is 2.07. The van der Waals surface area contributed by atoms with Crippen LogP contribution in [-0.4, -0.2) is 16.0 Å². The predicted octanol–water partition coefficient (Wildman–Crippen LogP) is 3.75. The van der Waals surface area contributed by atoms with Crippen molar-refractivity contribution in [1.82, 2.24) is 4.98 Å². The average molecular weight is 303 g/mol. The first-order valence-electron chi connectivity index (χ1n) is 6.20. The van der Waals surface area contributed by atoms with Crippen LogP contribution in [0.3, 0.4) is 0 Å². The van der Waals surface area contributed by atoms with Gasteiger partial charge in [0, 0.05) is 22.2 Å². The van der Waals surface area contributed by atoms with Crippen LogP contribution >= 0.6 is 11.6 Å². The van der Waals surface area contributed by atoms with E-state index in [4.69, 9.17) is 16.0 Å². The summed E-state index contributed by atoms with van der Waals surface area (Å²) in [5.41, 5.74) is 1.26. The highest BCUT2D eigenvalue weighted by atomic mass is 35.5. The lowest BCUT2D eigenvalue weighted by Gasteiger charge is -2.04. The summed E-state index contributed by atoms with van der Waals surface area (Å²) in [4.78, 5) is 16.1. The van der Waals surface area contributed by atoms with Crippen molar-refractivity contribution in [2.75, 3.05) is 5.32 Å². The molecule has 3 rings (SSSR count). The second-order valence-electron chi connectivity index (χ2n) is 4.52. The van der Waals surface area contributed by atoms with E-state index < -0.39 is 5.91 Å². The highest BCUT2D eigenvalue weighted by Crippen LogP contribution is 2.29. The van der Waals surface area contributed by atoms with Crippen molar-refractivity contribution >= 4 is 34.3 Å². The van der Waals surface area contributed by atoms with Crippen molar-refractivity contribution in [2.45, 2.75) is 6.92 Å². The van der Waals surface area contributed by atoms with Crippen LogP contribution in [0.15, 0.2) is 40.9 Å². The van der Waals surface area contributed by atoms with E-state index in [0.717, 1.165) is 5.39 Å². The summed E-state index contributed by atoms with van der Waals surface area (Å²) >= 11 is 5.94. The normalized spacial score (nSPS) is 10.8. The fraction of sp³-hybridized carbons (Fsp3) is 0.0667. The molecule has 2 N–H and O–H groups in total. The van der Waals surface area contributed by atoms with Crippen LogP contribution in [0.2, 0.25) is 5.02 Å². The molecule has 0 aliphatic heterocycles. The maximum Gasteiger partial charge on any atom is 0.292 e. The molecule has 0 aliphatic rings. The Hall–Kier alpha value is -2.53. The Morgan fingerprint density at radius 3 is 2.95 bits per heavy atom. The van der Waals surface area contributed by atoms with Crippen LogP contribution in [0.4, 0.5) is 5.82 Å². The second-order valence-corrected chi connectivity index (χ2v) is 4.96. The zero-order chi connectivity index (χ0) is 15.0. The first-order valence-corrected chi connectivity index (χ1v) is 6.58. The minimum atomic E-state index is -0.478. The van der Waals surface area contributed by atoms with Crippen LogP contribution in [0.5, 0.6) is 5.75 Å². The molecule has 5 nitrogen and oxygen atoms in total. The van der Waals surface area contributed by atoms with Crippen molar-refractivity contribution < 1.29 is 14.3 Å². The van der Waals surface area contributed by atoms with Gasteiger partial charge in [-0.05, 0) is 37.3 Å². The third kappa shape index (κ3) is 2.43. The molecule has 0 fully saturated rings. The topological polar surface area (TPSA) is 75.4 Å². The van der Waals surface area contributed by atoms with E-state index in [1.807, 2.05) is 0 Å². The van der Waals surface area contributed by atoms with E-state index in [2.05, 4.69) is 10.3 Å². The third-order valence-electron chi connectivity index (χ3n) is 3.12. The van der Waals surface area contributed by atoms with Crippen LogP contribution in [0.1, 0.15) is 16.1 Å². The SMILES string of the molecule is Cc1c(C(=O)Nc2ncccc2O)oc2ccc(Cl)cc12. The molecule has 0 unspecified atom stereocenters. The van der Waals surface area contributed by atoms with Gasteiger partial charge in [-0.15, -0.1) is 0 Å². The molecular weight excluding hydrogens is 292 g/mol. The zero-order valence-corrected chi connectivity index (χ0v) is 11.8. The molecule has 0 bridgehead atoms. The number of aromatic hydroxyl groups is 1. The van der Waals surface area contributed by atoms with Gasteiger partial charge in [-0.3, -0.25) is 4.79 Å². The average Bonchev–Trinajstić information content (AvgIpc) is 2.79. The van der Waals surface area contributed by atoms with E-state index in [-0.39, 0.29) is 17.3 Å². The molecule has 1 amide bonds. The Balaban J connectivity index is 1.99. The van der Waals surface area contributed by atoms with Gasteiger partial charge in [-0.25, -0.2) is 4.98 Å². The quantitative estimate of drug-likeness (QED) is 0.756. The summed E-state index contributed by atoms with van der Waals surface area (Å²) in [5, 5.41) is 13.5. The van der Waals surface area contributed by atoms with E-state index in [1.165, 1.54) is 12.3 Å². The molecule has 106 valence electrons. The number of rotatable bonds is 2. The van der Waals surface area contributed by atoms with Crippen LogP contribution < -0.4 is 5.32 Å². The fourth-order valence-corrected chi connectivity index (χ4v) is 2.24. The number of pyridine rings is 1. The first kappa shape index (κ1) is 13.5. The number of carbonyl (C=O) groups excluding carboxylic acids is 1. The summed E-state index contributed by atoms with van der Waals surface area (Å²) in [6, 6.07) is 8.15. The third-order valence-corrected chi connectivity index (χ3v) is 3.36. The first-order chi connectivity index (χ1) is 10.1. The minimum absolute atomic E-state index is 0.0837. The summed E-state index contributed by atoms with van der Waals surface area (Å²) in [5.74, 6) is -0.339. The number of hydrogen-bond acceptors (Lipinski definition) is 4. The number of carbonyl (C=O) groups is 1. The van der Waals surface area contributed by atoms with Gasteiger partial charge in [0.15, 0.2) is 17.3 Å². The summed E-state index contributed by atoms with van der Waals surface area (Å²) in [7, 11) is 0. The van der Waals surface area contributed by atoms with Crippen LogP contribution in [-0.2, 0) is 0 Å². The lowest BCUT2D eigenvalue weighted by molar-refractivity contribution is 0.0997. The van der Waals surface area contributed by atoms with Crippen LogP contribution in [0, 0.1) is 6.92 Å². The molecule has 2 aromatic heterocycles. The van der Waals surface area contributed by atoms with Gasteiger partial charge in [0.25, 0.3) is 5.91 Å². The Kier molecular flexibility index (Phi) is 3.27. The number of furan rings is 1. The van der Waals surface area contributed by atoms with Crippen molar-refractivity contribution in [2.24, 2.45) is 0 Å². The predicted molar refractivity (Wildman–Crippen MR) is 79.8 cm³/mol. The lowest BCUT2D eigenvalue weighted by Crippen LogP contribution is -2.13. The largest absolute Gasteiger partial charge is 0.504 e. The summed E-state index contributed by atoms with van der Waals surface area (Å²) in [6.07, 6.45) is 1.47. The number of aryl methyl sites for hydroxylation is 1. The molecular formula is C15H11ClN2O3. The Bertz CT molecular complexity index is 842. The molecule has 3 aromatic rings. The molecule has 0 saturated carbocycles. The van der Waals surface area contributed by atoms with E-state index in [1.54, 1.807) is 31.2 Å². The number of fused-ring (bicyclic) bond motifs is 1. The maximum atomic E-state index is 12.3. The summed E-state index contributed by atoms with van der Waals surface area (Å²) in [6.45, 7) is 1.77. The monoisotopic (exact) mass is 302 g/mol. The number of anilines is 1. The van der Waals surface area contributed by atoms with Crippen molar-refractivity contribution in [3.05, 3.63) is 52.9 Å². The van der Waals surface area contributed by atoms with Gasteiger partial charge in [0.1, 0.15) is 5.58 Å². The lowest BCUT2D eigenvalue weighted by atomic mass is 10.1. The van der Waals surface area contributed by atoms with Gasteiger partial charge in [-0.1, -0.05) is 11.6 Å². The number of nitrogens with zero attached hydrogens (tertiary/aromatic N) is 1. The molecule has 0 radical (unpaired) electrons. The highest BCUT2D eigenvalue weighted by Gasteiger charge is 2.19. The van der Waals surface area contributed by atoms with Gasteiger partial charge >= 0.3 is 0 Å². The molecule has 2 heterocycles. The van der Waals surface area contributed by atoms with Gasteiger partial charge in [0.05, 0.1) is 0 Å². The number of nitrogens with one attached hydrogen (secondary N) is 1. The van der Waals surface area contributed by atoms with E-state index in [0.29, 0.717) is 16.2 Å². The molecule has 0 saturated heterocycles. The molecule has 0 aliphatic carbocycles. The Morgan fingerprint density at radius 2 is 2.19 bits per heavy atom. The number of aromatic nitrogens is 1. The number of hydrogen-bond donors (Lipinski definition) is 2. The molecule has 6 heteroatoms. The second kappa shape index (κ2) is 5.10. The van der Waals surface area contributed by atoms with Gasteiger partial charge in [-0.2, -0.15) is 0 Å². The van der Waals surface area contributed by atoms with Crippen molar-refractivity contribution in [1.29, 1.82) is 0 Å². The number of amides is 1. The summed E-state index contributed by atoms with van der Waals surface area (Å²) < 4.78 is 5.55. The molecule has 21 heavy (non-hydrogen) atoms. The van der Waals surface area contributed by atoms with Gasteiger partial charge < -0.3 is 14.8 Å². The minimum Gasteiger partial charge on any atom is -0.504 e. The standard InChI is InChI=1S/C15H11ClN2O3/c1-8-10-7-9(16)4-5-12(10)21-13(8)15(20)18-14-11(19)3-2-6-17-14/h2-7,19H,1H3,(H,17,18,20). The molecule has 0 atom stereocenters. The van der Waals surface area contributed by atoms with Crippen molar-refractivity contribution in [3.63, 3.8) is 0 Å². The van der Waals surface area contributed by atoms with E-state index >= 15 is 0 Å². The smallest absolute Gasteiger partial charge is 0.292 e.